The molecule has 0 saturated carbocycles. The van der Waals surface area contributed by atoms with Crippen molar-refractivity contribution in [2.45, 2.75) is 20.3 Å². The first-order chi connectivity index (χ1) is 10.3. The lowest BCUT2D eigenvalue weighted by Gasteiger charge is -2.37. The summed E-state index contributed by atoms with van der Waals surface area (Å²) in [5.74, 6) is 0. The molecule has 2 aromatic carbocycles. The molecule has 1 saturated heterocycles. The molecule has 0 amide bonds. The van der Waals surface area contributed by atoms with Crippen molar-refractivity contribution >= 4 is 11.4 Å². The van der Waals surface area contributed by atoms with Crippen LogP contribution in [0.25, 0.3) is 0 Å². The van der Waals surface area contributed by atoms with E-state index in [1.54, 1.807) is 0 Å². The molecule has 0 unspecified atom stereocenters. The molecule has 1 aliphatic rings. The minimum absolute atomic E-state index is 1.10. The minimum Gasteiger partial charge on any atom is -0.368 e. The third kappa shape index (κ3) is 4.52. The Kier molecular flexibility index (Phi) is 6.14. The summed E-state index contributed by atoms with van der Waals surface area (Å²) in [4.78, 5) is 4.92. The Labute approximate surface area is 129 Å². The standard InChI is InChI=1S/C16H18N2.C3H8/c1-3-7-15(8-4-1)17-11-13-18(14-12-17)16-9-5-2-6-10-16;1-3-2/h1-10H,11-14H2;3H2,1-2H3. The number of hydrogen-bond donors (Lipinski definition) is 0. The molecular formula is C19H26N2. The molecule has 0 spiro atoms. The third-order valence-corrected chi connectivity index (χ3v) is 3.52. The molecular weight excluding hydrogens is 256 g/mol. The molecule has 21 heavy (non-hydrogen) atoms. The maximum absolute atomic E-state index is 2.46. The van der Waals surface area contributed by atoms with Crippen LogP contribution in [0.2, 0.25) is 0 Å². The summed E-state index contributed by atoms with van der Waals surface area (Å²) in [7, 11) is 0. The molecule has 2 aromatic rings. The fourth-order valence-electron chi connectivity index (χ4n) is 2.50. The lowest BCUT2D eigenvalue weighted by Crippen LogP contribution is -2.46. The highest BCUT2D eigenvalue weighted by Gasteiger charge is 2.16. The third-order valence-electron chi connectivity index (χ3n) is 3.52. The molecule has 0 atom stereocenters. The Hall–Kier alpha value is -1.96. The topological polar surface area (TPSA) is 6.48 Å². The Bertz CT molecular complexity index is 440. The number of benzene rings is 2. The van der Waals surface area contributed by atoms with E-state index in [1.165, 1.54) is 17.8 Å². The summed E-state index contributed by atoms with van der Waals surface area (Å²) in [5.41, 5.74) is 2.68. The second kappa shape index (κ2) is 8.35. The zero-order valence-electron chi connectivity index (χ0n) is 13.2. The smallest absolute Gasteiger partial charge is 0.0367 e. The van der Waals surface area contributed by atoms with Crippen LogP contribution >= 0.6 is 0 Å². The van der Waals surface area contributed by atoms with Crippen molar-refractivity contribution < 1.29 is 0 Å². The monoisotopic (exact) mass is 282 g/mol. The van der Waals surface area contributed by atoms with Gasteiger partial charge in [-0.3, -0.25) is 0 Å². The van der Waals surface area contributed by atoms with Crippen LogP contribution in [0.5, 0.6) is 0 Å². The van der Waals surface area contributed by atoms with E-state index in [9.17, 15) is 0 Å². The second-order valence-electron chi connectivity index (χ2n) is 5.35. The van der Waals surface area contributed by atoms with Crippen LogP contribution in [0.15, 0.2) is 60.7 Å². The Morgan fingerprint density at radius 3 is 1.19 bits per heavy atom. The molecule has 1 fully saturated rings. The quantitative estimate of drug-likeness (QED) is 0.804. The van der Waals surface area contributed by atoms with Gasteiger partial charge in [0.2, 0.25) is 0 Å². The summed E-state index contributed by atoms with van der Waals surface area (Å²) >= 11 is 0. The molecule has 1 aliphatic heterocycles. The molecule has 1 heterocycles. The van der Waals surface area contributed by atoms with Crippen LogP contribution < -0.4 is 9.80 Å². The van der Waals surface area contributed by atoms with E-state index in [0.717, 1.165) is 26.2 Å². The van der Waals surface area contributed by atoms with E-state index in [0.29, 0.717) is 0 Å². The van der Waals surface area contributed by atoms with Crippen molar-refractivity contribution in [3.63, 3.8) is 0 Å². The van der Waals surface area contributed by atoms with Crippen molar-refractivity contribution in [2.24, 2.45) is 0 Å². The SMILES string of the molecule is CCC.c1ccc(N2CCN(c3ccccc3)CC2)cc1. The van der Waals surface area contributed by atoms with Crippen LogP contribution in [-0.4, -0.2) is 26.2 Å². The van der Waals surface area contributed by atoms with E-state index in [-0.39, 0.29) is 0 Å². The van der Waals surface area contributed by atoms with Gasteiger partial charge < -0.3 is 9.80 Å². The predicted octanol–water partition coefficient (Wildman–Crippen LogP) is 4.43. The van der Waals surface area contributed by atoms with Gasteiger partial charge in [-0.1, -0.05) is 56.7 Å². The molecule has 2 nitrogen and oxygen atoms in total. The highest BCUT2D eigenvalue weighted by Crippen LogP contribution is 2.19. The number of piperazine rings is 1. The first kappa shape index (κ1) is 15.4. The summed E-state index contributed by atoms with van der Waals surface area (Å²) in [5, 5.41) is 0. The van der Waals surface area contributed by atoms with Crippen molar-refractivity contribution in [1.82, 2.24) is 0 Å². The van der Waals surface area contributed by atoms with Gasteiger partial charge >= 0.3 is 0 Å². The highest BCUT2D eigenvalue weighted by atomic mass is 15.3. The Balaban J connectivity index is 0.000000497. The van der Waals surface area contributed by atoms with Gasteiger partial charge in [-0.15, -0.1) is 0 Å². The van der Waals surface area contributed by atoms with E-state index in [4.69, 9.17) is 0 Å². The Morgan fingerprint density at radius 1 is 0.619 bits per heavy atom. The van der Waals surface area contributed by atoms with Gasteiger partial charge in [0.1, 0.15) is 0 Å². The predicted molar refractivity (Wildman–Crippen MR) is 93.3 cm³/mol. The van der Waals surface area contributed by atoms with Gasteiger partial charge in [-0.25, -0.2) is 0 Å². The fraction of sp³-hybridized carbons (Fsp3) is 0.368. The van der Waals surface area contributed by atoms with Crippen LogP contribution in [0.4, 0.5) is 11.4 Å². The van der Waals surface area contributed by atoms with Crippen molar-refractivity contribution in [3.05, 3.63) is 60.7 Å². The van der Waals surface area contributed by atoms with Crippen molar-refractivity contribution in [3.8, 4) is 0 Å². The number of para-hydroxylation sites is 2. The summed E-state index contributed by atoms with van der Waals surface area (Å²) < 4.78 is 0. The van der Waals surface area contributed by atoms with Crippen molar-refractivity contribution in [1.29, 1.82) is 0 Å². The summed E-state index contributed by atoms with van der Waals surface area (Å²) in [6.45, 7) is 8.63. The second-order valence-corrected chi connectivity index (χ2v) is 5.35. The number of nitrogens with zero attached hydrogens (tertiary/aromatic N) is 2. The average molecular weight is 282 g/mol. The minimum atomic E-state index is 1.10. The Morgan fingerprint density at radius 2 is 0.905 bits per heavy atom. The molecule has 3 rings (SSSR count). The van der Waals surface area contributed by atoms with Gasteiger partial charge in [0, 0.05) is 37.6 Å². The first-order valence-electron chi connectivity index (χ1n) is 7.95. The zero-order chi connectivity index (χ0) is 14.9. The zero-order valence-corrected chi connectivity index (χ0v) is 13.2. The van der Waals surface area contributed by atoms with Crippen LogP contribution in [0.1, 0.15) is 20.3 Å². The summed E-state index contributed by atoms with van der Waals surface area (Å²) in [6.07, 6.45) is 1.25. The van der Waals surface area contributed by atoms with Crippen molar-refractivity contribution in [2.75, 3.05) is 36.0 Å². The van der Waals surface area contributed by atoms with Gasteiger partial charge in [0.15, 0.2) is 0 Å². The molecule has 0 aromatic heterocycles. The molecule has 112 valence electrons. The van der Waals surface area contributed by atoms with Crippen LogP contribution in [0.3, 0.4) is 0 Å². The number of rotatable bonds is 2. The molecule has 0 N–H and O–H groups in total. The number of anilines is 2. The lowest BCUT2D eigenvalue weighted by atomic mass is 10.2. The fourth-order valence-corrected chi connectivity index (χ4v) is 2.50. The van der Waals surface area contributed by atoms with Crippen LogP contribution in [0, 0.1) is 0 Å². The van der Waals surface area contributed by atoms with E-state index in [2.05, 4.69) is 84.3 Å². The van der Waals surface area contributed by atoms with E-state index >= 15 is 0 Å². The molecule has 2 heteroatoms. The molecule has 0 aliphatic carbocycles. The first-order valence-corrected chi connectivity index (χ1v) is 7.95. The maximum Gasteiger partial charge on any atom is 0.0367 e. The van der Waals surface area contributed by atoms with Gasteiger partial charge in [-0.05, 0) is 24.3 Å². The average Bonchev–Trinajstić information content (AvgIpc) is 2.57. The van der Waals surface area contributed by atoms with Crippen LogP contribution in [-0.2, 0) is 0 Å². The lowest BCUT2D eigenvalue weighted by molar-refractivity contribution is 0.653. The summed E-state index contributed by atoms with van der Waals surface area (Å²) in [6, 6.07) is 21.4. The van der Waals surface area contributed by atoms with Gasteiger partial charge in [-0.2, -0.15) is 0 Å². The van der Waals surface area contributed by atoms with E-state index in [1.807, 2.05) is 0 Å². The largest absolute Gasteiger partial charge is 0.368 e. The van der Waals surface area contributed by atoms with Gasteiger partial charge in [0.05, 0.1) is 0 Å². The normalized spacial score (nSPS) is 14.4. The maximum atomic E-state index is 2.46. The highest BCUT2D eigenvalue weighted by molar-refractivity contribution is 5.51. The van der Waals surface area contributed by atoms with Gasteiger partial charge in [0.25, 0.3) is 0 Å². The van der Waals surface area contributed by atoms with E-state index < -0.39 is 0 Å². The number of hydrogen-bond acceptors (Lipinski definition) is 2. The molecule has 0 radical (unpaired) electrons. The molecule has 0 bridgehead atoms.